The van der Waals surface area contributed by atoms with Gasteiger partial charge < -0.3 is 10.6 Å². The van der Waals surface area contributed by atoms with E-state index in [1.54, 1.807) is 0 Å². The molecule has 0 aliphatic carbocycles. The predicted molar refractivity (Wildman–Crippen MR) is 80.8 cm³/mol. The van der Waals surface area contributed by atoms with E-state index in [1.807, 2.05) is 45.9 Å². The number of aryl methyl sites for hydroxylation is 1. The molecule has 0 aliphatic rings. The topological polar surface area (TPSA) is 70.2 Å². The number of nitrogens with one attached hydrogen (secondary N) is 3. The third-order valence-electron chi connectivity index (χ3n) is 2.97. The largest absolute Gasteiger partial charge is 0.376 e. The lowest BCUT2D eigenvalue weighted by Gasteiger charge is -2.12. The fourth-order valence-electron chi connectivity index (χ4n) is 1.63. The zero-order valence-corrected chi connectivity index (χ0v) is 12.5. The molecule has 3 amide bonds. The molecule has 1 aromatic rings. The van der Waals surface area contributed by atoms with E-state index < -0.39 is 6.03 Å². The fraction of sp³-hybridized carbons (Fsp3) is 0.467. The molecule has 0 radical (unpaired) electrons. The number of benzene rings is 1. The number of urea groups is 1. The number of hydrogen-bond acceptors (Lipinski definition) is 3. The smallest absolute Gasteiger partial charge is 0.321 e. The van der Waals surface area contributed by atoms with Crippen LogP contribution in [0.2, 0.25) is 0 Å². The molecule has 3 N–H and O–H groups in total. The van der Waals surface area contributed by atoms with Gasteiger partial charge in [0.2, 0.25) is 5.91 Å². The first-order chi connectivity index (χ1) is 9.40. The Hall–Kier alpha value is -2.04. The van der Waals surface area contributed by atoms with Gasteiger partial charge in [0.25, 0.3) is 0 Å². The van der Waals surface area contributed by atoms with Crippen molar-refractivity contribution in [3.8, 4) is 0 Å². The van der Waals surface area contributed by atoms with Gasteiger partial charge in [-0.1, -0.05) is 26.0 Å². The maximum absolute atomic E-state index is 11.6. The predicted octanol–water partition coefficient (Wildman–Crippen LogP) is 2.20. The maximum atomic E-state index is 11.6. The Balaban J connectivity index is 2.40. The number of hydrogen-bond donors (Lipinski definition) is 3. The van der Waals surface area contributed by atoms with Crippen LogP contribution in [-0.4, -0.2) is 25.0 Å². The summed E-state index contributed by atoms with van der Waals surface area (Å²) in [5.74, 6) is -0.00363. The highest BCUT2D eigenvalue weighted by molar-refractivity contribution is 5.96. The third-order valence-corrected chi connectivity index (χ3v) is 2.97. The third kappa shape index (κ3) is 5.30. The molecular weight excluding hydrogens is 254 g/mol. The summed E-state index contributed by atoms with van der Waals surface area (Å²) in [5, 5.41) is 7.95. The SMILES string of the molecule is Cc1cccc(NCC(=O)NC(=O)NCC(C)C)c1C. The quantitative estimate of drug-likeness (QED) is 0.772. The highest BCUT2D eigenvalue weighted by Crippen LogP contribution is 2.17. The van der Waals surface area contributed by atoms with E-state index in [0.717, 1.165) is 16.8 Å². The van der Waals surface area contributed by atoms with Crippen molar-refractivity contribution in [2.24, 2.45) is 5.92 Å². The van der Waals surface area contributed by atoms with Gasteiger partial charge in [0.15, 0.2) is 0 Å². The highest BCUT2D eigenvalue weighted by atomic mass is 16.2. The molecule has 5 heteroatoms. The van der Waals surface area contributed by atoms with Crippen molar-refractivity contribution in [3.63, 3.8) is 0 Å². The van der Waals surface area contributed by atoms with Crippen molar-refractivity contribution in [1.29, 1.82) is 0 Å². The van der Waals surface area contributed by atoms with E-state index in [1.165, 1.54) is 0 Å². The van der Waals surface area contributed by atoms with Crippen LogP contribution < -0.4 is 16.0 Å². The van der Waals surface area contributed by atoms with Crippen LogP contribution in [0.4, 0.5) is 10.5 Å². The summed E-state index contributed by atoms with van der Waals surface area (Å²) in [6.07, 6.45) is 0. The molecule has 0 aromatic heterocycles. The first-order valence-electron chi connectivity index (χ1n) is 6.78. The Kier molecular flexibility index (Phi) is 6.03. The molecule has 20 heavy (non-hydrogen) atoms. The van der Waals surface area contributed by atoms with Crippen LogP contribution in [0.15, 0.2) is 18.2 Å². The van der Waals surface area contributed by atoms with Crippen LogP contribution in [0.5, 0.6) is 0 Å². The summed E-state index contributed by atoms with van der Waals surface area (Å²) < 4.78 is 0. The first kappa shape index (κ1) is 16.0. The maximum Gasteiger partial charge on any atom is 0.321 e. The number of amides is 3. The first-order valence-corrected chi connectivity index (χ1v) is 6.78. The minimum Gasteiger partial charge on any atom is -0.376 e. The summed E-state index contributed by atoms with van der Waals surface area (Å²) >= 11 is 0. The van der Waals surface area contributed by atoms with Crippen molar-refractivity contribution >= 4 is 17.6 Å². The molecule has 0 bridgehead atoms. The summed E-state index contributed by atoms with van der Waals surface area (Å²) in [4.78, 5) is 23.1. The van der Waals surface area contributed by atoms with Crippen LogP contribution in [0.3, 0.4) is 0 Å². The number of rotatable bonds is 5. The monoisotopic (exact) mass is 277 g/mol. The molecular formula is C15H23N3O2. The van der Waals surface area contributed by atoms with Gasteiger partial charge >= 0.3 is 6.03 Å². The van der Waals surface area contributed by atoms with Crippen LogP contribution in [0, 0.1) is 19.8 Å². The van der Waals surface area contributed by atoms with Crippen LogP contribution in [-0.2, 0) is 4.79 Å². The molecule has 0 spiro atoms. The molecule has 110 valence electrons. The standard InChI is InChI=1S/C15H23N3O2/c1-10(2)8-17-15(20)18-14(19)9-16-13-7-5-6-11(3)12(13)4/h5-7,10,16H,8-9H2,1-4H3,(H2,17,18,19,20). The Morgan fingerprint density at radius 2 is 1.90 bits per heavy atom. The van der Waals surface area contributed by atoms with Gasteiger partial charge in [0.1, 0.15) is 0 Å². The molecule has 5 nitrogen and oxygen atoms in total. The van der Waals surface area contributed by atoms with Crippen molar-refractivity contribution < 1.29 is 9.59 Å². The average Bonchev–Trinajstić information content (AvgIpc) is 2.38. The van der Waals surface area contributed by atoms with E-state index in [4.69, 9.17) is 0 Å². The number of anilines is 1. The van der Waals surface area contributed by atoms with Crippen LogP contribution in [0.25, 0.3) is 0 Å². The Morgan fingerprint density at radius 1 is 1.20 bits per heavy atom. The normalized spacial score (nSPS) is 10.2. The second-order valence-corrected chi connectivity index (χ2v) is 5.25. The minimum atomic E-state index is -0.452. The van der Waals surface area contributed by atoms with Crippen molar-refractivity contribution in [1.82, 2.24) is 10.6 Å². The fourth-order valence-corrected chi connectivity index (χ4v) is 1.63. The Morgan fingerprint density at radius 3 is 2.55 bits per heavy atom. The van der Waals surface area contributed by atoms with E-state index in [9.17, 15) is 9.59 Å². The van der Waals surface area contributed by atoms with Crippen molar-refractivity contribution in [2.45, 2.75) is 27.7 Å². The van der Waals surface area contributed by atoms with Gasteiger partial charge in [-0.05, 0) is 37.0 Å². The lowest BCUT2D eigenvalue weighted by molar-refractivity contribution is -0.118. The molecule has 0 atom stereocenters. The van der Waals surface area contributed by atoms with Gasteiger partial charge in [0, 0.05) is 12.2 Å². The molecule has 0 fully saturated rings. The molecule has 0 heterocycles. The van der Waals surface area contributed by atoms with Crippen LogP contribution >= 0.6 is 0 Å². The van der Waals surface area contributed by atoms with Crippen molar-refractivity contribution in [2.75, 3.05) is 18.4 Å². The average molecular weight is 277 g/mol. The Bertz CT molecular complexity index is 484. The minimum absolute atomic E-state index is 0.0688. The lowest BCUT2D eigenvalue weighted by atomic mass is 10.1. The summed E-state index contributed by atoms with van der Waals surface area (Å²) in [7, 11) is 0. The number of carbonyl (C=O) groups is 2. The molecule has 0 aliphatic heterocycles. The number of imide groups is 1. The van der Waals surface area contributed by atoms with E-state index >= 15 is 0 Å². The van der Waals surface area contributed by atoms with Gasteiger partial charge in [-0.2, -0.15) is 0 Å². The molecule has 0 saturated heterocycles. The zero-order chi connectivity index (χ0) is 15.1. The summed E-state index contributed by atoms with van der Waals surface area (Å²) in [6, 6.07) is 5.40. The molecule has 1 aromatic carbocycles. The summed E-state index contributed by atoms with van der Waals surface area (Å²) in [5.41, 5.74) is 3.16. The molecule has 0 saturated carbocycles. The second-order valence-electron chi connectivity index (χ2n) is 5.25. The van der Waals surface area contributed by atoms with Gasteiger partial charge in [0.05, 0.1) is 6.54 Å². The van der Waals surface area contributed by atoms with Crippen LogP contribution in [0.1, 0.15) is 25.0 Å². The molecule has 1 rings (SSSR count). The second kappa shape index (κ2) is 7.53. The lowest BCUT2D eigenvalue weighted by Crippen LogP contribution is -2.43. The molecule has 0 unspecified atom stereocenters. The van der Waals surface area contributed by atoms with Gasteiger partial charge in [-0.15, -0.1) is 0 Å². The van der Waals surface area contributed by atoms with E-state index in [2.05, 4.69) is 16.0 Å². The number of carbonyl (C=O) groups excluding carboxylic acids is 2. The van der Waals surface area contributed by atoms with Crippen molar-refractivity contribution in [3.05, 3.63) is 29.3 Å². The highest BCUT2D eigenvalue weighted by Gasteiger charge is 2.08. The zero-order valence-electron chi connectivity index (χ0n) is 12.5. The van der Waals surface area contributed by atoms with Gasteiger partial charge in [-0.3, -0.25) is 10.1 Å². The van der Waals surface area contributed by atoms with Gasteiger partial charge in [-0.25, -0.2) is 4.79 Å². The Labute approximate surface area is 120 Å². The van der Waals surface area contributed by atoms with E-state index in [0.29, 0.717) is 12.5 Å². The van der Waals surface area contributed by atoms with E-state index in [-0.39, 0.29) is 12.5 Å². The summed E-state index contributed by atoms with van der Waals surface area (Å²) in [6.45, 7) is 8.60.